The predicted octanol–water partition coefficient (Wildman–Crippen LogP) is 6.02. The van der Waals surface area contributed by atoms with Gasteiger partial charge in [0.15, 0.2) is 0 Å². The van der Waals surface area contributed by atoms with Crippen LogP contribution in [0.2, 0.25) is 0 Å². The van der Waals surface area contributed by atoms with Crippen LogP contribution in [0, 0.1) is 6.92 Å². The Morgan fingerprint density at radius 1 is 1.05 bits per heavy atom. The van der Waals surface area contributed by atoms with Crippen molar-refractivity contribution in [3.05, 3.63) is 95.0 Å². The van der Waals surface area contributed by atoms with Gasteiger partial charge in [-0.25, -0.2) is 18.1 Å². The number of aryl methyl sites for hydroxylation is 1. The van der Waals surface area contributed by atoms with Gasteiger partial charge >= 0.3 is 6.18 Å². The molecule has 0 amide bonds. The highest BCUT2D eigenvalue weighted by Gasteiger charge is 2.30. The lowest BCUT2D eigenvalue weighted by Gasteiger charge is -2.13. The minimum absolute atomic E-state index is 0. The molecule has 2 aromatic carbocycles. The van der Waals surface area contributed by atoms with Crippen LogP contribution in [0.1, 0.15) is 16.7 Å². The van der Waals surface area contributed by atoms with E-state index in [-0.39, 0.29) is 29.1 Å². The van der Waals surface area contributed by atoms with Crippen LogP contribution >= 0.6 is 23.7 Å². The summed E-state index contributed by atoms with van der Waals surface area (Å²) in [5, 5.41) is 1.63. The smallest absolute Gasteiger partial charge is 0.369 e. The van der Waals surface area contributed by atoms with Gasteiger partial charge in [0, 0.05) is 17.3 Å². The van der Waals surface area contributed by atoms with Gasteiger partial charge in [-0.3, -0.25) is 4.98 Å². The van der Waals surface area contributed by atoms with E-state index >= 15 is 0 Å². The van der Waals surface area contributed by atoms with Crippen LogP contribution in [0.5, 0.6) is 0 Å². The molecule has 6 nitrogen and oxygen atoms in total. The minimum atomic E-state index is -4.44. The van der Waals surface area contributed by atoms with Gasteiger partial charge in [-0.15, -0.1) is 23.7 Å². The summed E-state index contributed by atoms with van der Waals surface area (Å²) in [6.45, 7) is 1.96. The molecule has 0 bridgehead atoms. The number of nitrogens with one attached hydrogen (secondary N) is 1. The van der Waals surface area contributed by atoms with E-state index in [4.69, 9.17) is 5.73 Å². The lowest BCUT2D eigenvalue weighted by molar-refractivity contribution is -0.137. The standard InChI is InChI=1S/C25H21F3N4O2S2.ClH/c1-16-4-6-19(7-5-16)23-21(18-8-10-20(11-9-18)25(26,27)28)13-17(14-30-23)15-31-24(29)32-36(33,34)22-3-2-12-35-22;/h2-14H,15H2,1H3,(H3,29,31,32);1H. The number of pyridine rings is 1. The SMILES string of the molecule is Cc1ccc(-c2ncc(CN=C(N)NS(=O)(=O)c3cccs3)cc2-c2ccc(C(F)(F)F)cc2)cc1.Cl. The zero-order valence-corrected chi connectivity index (χ0v) is 21.8. The van der Waals surface area contributed by atoms with Crippen LogP contribution < -0.4 is 10.5 Å². The van der Waals surface area contributed by atoms with E-state index in [1.165, 1.54) is 18.2 Å². The molecule has 194 valence electrons. The Morgan fingerprint density at radius 2 is 1.70 bits per heavy atom. The lowest BCUT2D eigenvalue weighted by Crippen LogP contribution is -2.36. The molecule has 0 unspecified atom stereocenters. The number of aromatic nitrogens is 1. The number of sulfonamides is 1. The van der Waals surface area contributed by atoms with Crippen molar-refractivity contribution in [1.29, 1.82) is 0 Å². The van der Waals surface area contributed by atoms with Gasteiger partial charge in [0.1, 0.15) is 4.21 Å². The van der Waals surface area contributed by atoms with Gasteiger partial charge in [-0.1, -0.05) is 48.0 Å². The lowest BCUT2D eigenvalue weighted by atomic mass is 9.96. The normalized spacial score (nSPS) is 12.2. The number of nitrogens with two attached hydrogens (primary N) is 1. The molecule has 0 saturated heterocycles. The van der Waals surface area contributed by atoms with Crippen LogP contribution in [0.15, 0.2) is 87.5 Å². The van der Waals surface area contributed by atoms with E-state index in [0.717, 1.165) is 34.6 Å². The van der Waals surface area contributed by atoms with E-state index in [1.807, 2.05) is 31.2 Å². The second-order valence-corrected chi connectivity index (χ2v) is 10.8. The number of nitrogens with zero attached hydrogens (tertiary/aromatic N) is 2. The summed E-state index contributed by atoms with van der Waals surface area (Å²) >= 11 is 1.05. The van der Waals surface area contributed by atoms with Crippen molar-refractivity contribution < 1.29 is 21.6 Å². The number of aliphatic imine (C=N–C) groups is 1. The maximum absolute atomic E-state index is 13.1. The highest BCUT2D eigenvalue weighted by Crippen LogP contribution is 2.34. The van der Waals surface area contributed by atoms with Crippen molar-refractivity contribution in [2.24, 2.45) is 10.7 Å². The first-order valence-corrected chi connectivity index (χ1v) is 13.0. The van der Waals surface area contributed by atoms with Crippen LogP contribution in [0.3, 0.4) is 0 Å². The second kappa shape index (κ2) is 11.3. The minimum Gasteiger partial charge on any atom is -0.369 e. The Kier molecular flexibility index (Phi) is 8.62. The molecular weight excluding hydrogens is 545 g/mol. The number of hydrogen-bond donors (Lipinski definition) is 2. The third kappa shape index (κ3) is 6.88. The summed E-state index contributed by atoms with van der Waals surface area (Å²) in [5.74, 6) is -0.290. The number of rotatable bonds is 6. The Morgan fingerprint density at radius 3 is 2.30 bits per heavy atom. The number of halogens is 4. The summed E-state index contributed by atoms with van der Waals surface area (Å²) in [6, 6.07) is 17.3. The summed E-state index contributed by atoms with van der Waals surface area (Å²) in [7, 11) is -3.83. The summed E-state index contributed by atoms with van der Waals surface area (Å²) < 4.78 is 66.2. The maximum atomic E-state index is 13.1. The second-order valence-electron chi connectivity index (χ2n) is 7.92. The summed E-state index contributed by atoms with van der Waals surface area (Å²) in [6.07, 6.45) is -2.87. The van der Waals surface area contributed by atoms with Crippen LogP contribution in [-0.4, -0.2) is 19.4 Å². The Hall–Kier alpha value is -3.41. The predicted molar refractivity (Wildman–Crippen MR) is 142 cm³/mol. The Balaban J connectivity index is 0.00000380. The Bertz CT molecular complexity index is 1490. The molecule has 12 heteroatoms. The zero-order valence-electron chi connectivity index (χ0n) is 19.4. The monoisotopic (exact) mass is 566 g/mol. The fourth-order valence-corrected chi connectivity index (χ4v) is 5.35. The summed E-state index contributed by atoms with van der Waals surface area (Å²) in [4.78, 5) is 8.65. The topological polar surface area (TPSA) is 97.4 Å². The van der Waals surface area contributed by atoms with Crippen LogP contribution in [-0.2, 0) is 22.7 Å². The van der Waals surface area contributed by atoms with E-state index in [9.17, 15) is 21.6 Å². The molecular formula is C25H22ClF3N4O2S2. The molecule has 0 aliphatic carbocycles. The van der Waals surface area contributed by atoms with Crippen molar-refractivity contribution in [2.45, 2.75) is 23.9 Å². The molecule has 4 rings (SSSR count). The first-order chi connectivity index (χ1) is 17.0. The number of alkyl halides is 3. The maximum Gasteiger partial charge on any atom is 0.416 e. The molecule has 0 spiro atoms. The van der Waals surface area contributed by atoms with Crippen molar-refractivity contribution in [3.8, 4) is 22.4 Å². The largest absolute Gasteiger partial charge is 0.416 e. The van der Waals surface area contributed by atoms with Crippen molar-refractivity contribution >= 4 is 39.7 Å². The van der Waals surface area contributed by atoms with Gasteiger partial charge < -0.3 is 5.73 Å². The van der Waals surface area contributed by atoms with Gasteiger partial charge in [-0.2, -0.15) is 13.2 Å². The molecule has 0 aliphatic rings. The van der Waals surface area contributed by atoms with Crippen molar-refractivity contribution in [1.82, 2.24) is 9.71 Å². The van der Waals surface area contributed by atoms with E-state index in [1.54, 1.807) is 23.7 Å². The molecule has 2 aromatic heterocycles. The fraction of sp³-hybridized carbons (Fsp3) is 0.120. The van der Waals surface area contributed by atoms with Gasteiger partial charge in [0.25, 0.3) is 10.0 Å². The number of thiophene rings is 1. The van der Waals surface area contributed by atoms with Gasteiger partial charge in [0.2, 0.25) is 5.96 Å². The first kappa shape index (κ1) is 28.2. The first-order valence-electron chi connectivity index (χ1n) is 10.6. The van der Waals surface area contributed by atoms with E-state index in [2.05, 4.69) is 14.7 Å². The van der Waals surface area contributed by atoms with Crippen molar-refractivity contribution in [2.75, 3.05) is 0 Å². The average molecular weight is 567 g/mol. The third-order valence-electron chi connectivity index (χ3n) is 5.22. The van der Waals surface area contributed by atoms with Gasteiger partial charge in [-0.05, 0) is 47.7 Å². The molecule has 3 N–H and O–H groups in total. The Labute approximate surface area is 222 Å². The number of hydrogen-bond acceptors (Lipinski definition) is 5. The number of guanidine groups is 1. The van der Waals surface area contributed by atoms with Crippen LogP contribution in [0.25, 0.3) is 22.4 Å². The zero-order chi connectivity index (χ0) is 25.9. The molecule has 37 heavy (non-hydrogen) atoms. The highest BCUT2D eigenvalue weighted by molar-refractivity contribution is 7.92. The van der Waals surface area contributed by atoms with Gasteiger partial charge in [0.05, 0.1) is 17.8 Å². The van der Waals surface area contributed by atoms with Crippen LogP contribution in [0.4, 0.5) is 13.2 Å². The highest BCUT2D eigenvalue weighted by atomic mass is 35.5. The molecule has 0 radical (unpaired) electrons. The third-order valence-corrected chi connectivity index (χ3v) is 7.98. The van der Waals surface area contributed by atoms with E-state index in [0.29, 0.717) is 22.4 Å². The molecule has 0 saturated carbocycles. The number of benzene rings is 2. The van der Waals surface area contributed by atoms with Crippen molar-refractivity contribution in [3.63, 3.8) is 0 Å². The molecule has 0 aliphatic heterocycles. The molecule has 4 aromatic rings. The van der Waals surface area contributed by atoms with E-state index < -0.39 is 21.8 Å². The average Bonchev–Trinajstić information content (AvgIpc) is 3.39. The summed E-state index contributed by atoms with van der Waals surface area (Å²) in [5.41, 5.74) is 9.24. The molecule has 0 atom stereocenters. The molecule has 2 heterocycles. The quantitative estimate of drug-likeness (QED) is 0.220. The fourth-order valence-electron chi connectivity index (χ4n) is 3.41. The molecule has 0 fully saturated rings.